The molecule has 14 N–H and O–H groups in total. The Kier molecular flexibility index (Phi) is 41.6. The second kappa shape index (κ2) is 50.1. The number of aromatic hydroxyl groups is 1. The standard InChI is InChI=1S/C14H11BN2O.2C13H10BN3O.C8H7BrN2O.2C8H10.C7H4BBrN2O.C7H5BrN2O.3CH5N.Al.3ClH.H3N.3H2/c1-10-2-4-11(5-3-10)13-8-12(18-15)9-17-14(13)6-7-16-17;2*14-18-11-7-12(9-1-3-10(15)4-2-9)13-5-6-16-17(13)8-11;1-12-6-4-7(9)8-2-3-10-11(8)5-6;2*1-7-3-5-8(2)6-4-7;8-12-5-3-6(9)7-1-2-10-11(7)4-5;8-6-3-5(11)4-10-7(6)1-2-9-10;3*1-2;;;;;;;;/h2-9H,1H3;2*1-8H,15H2;2-5H,1H3;2*3-6H,1-2H3;1-4H;1-4,11H;3*2H2,1H3;;3*1H;1H3;3*1H/q;;;;;;;;;;;+3;;;;;;;/p-3/i;;;;;;;;;;;;;;;;3*1+1. The lowest BCUT2D eigenvalue weighted by Gasteiger charge is -2.08. The molecule has 8 radical (unpaired) electrons. The molecular formula is C81H91AlB4Br3Cl3N18O6. The molecule has 0 saturated carbocycles. The number of aryl methyl sites for hydroxylation is 5. The minimum absolute atomic E-state index is 0. The summed E-state index contributed by atoms with van der Waals surface area (Å²) in [5.74, 6) is 3.25. The summed E-state index contributed by atoms with van der Waals surface area (Å²) in [5, 5.41) is 33.8. The summed E-state index contributed by atoms with van der Waals surface area (Å²) in [4.78, 5) is 0. The van der Waals surface area contributed by atoms with Crippen molar-refractivity contribution < 1.29 is 32.7 Å². The first-order chi connectivity index (χ1) is 55.5. The lowest BCUT2D eigenvalue weighted by molar-refractivity contribution is 0.411. The molecule has 12 heterocycles. The van der Waals surface area contributed by atoms with Crippen LogP contribution in [-0.2, 0) is 0 Å². The lowest BCUT2D eigenvalue weighted by atomic mass is 10.0. The molecule has 12 aromatic heterocycles. The Morgan fingerprint density at radius 3 is 0.810 bits per heavy atom. The number of rotatable bonds is 8. The lowest BCUT2D eigenvalue weighted by Crippen LogP contribution is -1.94. The van der Waals surface area contributed by atoms with Crippen molar-refractivity contribution in [2.45, 2.75) is 34.6 Å². The van der Waals surface area contributed by atoms with Crippen LogP contribution in [-0.4, -0.2) is 135 Å². The summed E-state index contributed by atoms with van der Waals surface area (Å²) >= 11 is 8.38. The Balaban J connectivity index is 0.000000458. The number of nitrogen functional groups attached to an aromatic ring is 2. The van der Waals surface area contributed by atoms with Crippen LogP contribution in [0.4, 0.5) is 11.4 Å². The molecule has 0 aliphatic rings. The van der Waals surface area contributed by atoms with Crippen LogP contribution in [0.15, 0.2) is 282 Å². The molecule has 0 amide bonds. The number of ether oxygens (including phenoxy) is 1. The van der Waals surface area contributed by atoms with Crippen LogP contribution in [0.3, 0.4) is 0 Å². The number of methoxy groups -OCH3 is 1. The monoisotopic (exact) mass is 1830 g/mol. The van der Waals surface area contributed by atoms with Crippen molar-refractivity contribution in [1.82, 2.24) is 63.8 Å². The van der Waals surface area contributed by atoms with Gasteiger partial charge in [-0.2, -0.15) is 30.6 Å². The van der Waals surface area contributed by atoms with Gasteiger partial charge in [-0.3, -0.25) is 0 Å². The summed E-state index contributed by atoms with van der Waals surface area (Å²) in [7, 11) is 41.7. The Labute approximate surface area is 725 Å². The fourth-order valence-corrected chi connectivity index (χ4v) is 11.9. The average Bonchev–Trinajstić information content (AvgIpc) is 1.74. The number of nitrogens with zero attached hydrogens (tertiary/aromatic N) is 12. The highest BCUT2D eigenvalue weighted by atomic mass is 79.9. The second-order valence-electron chi connectivity index (χ2n) is 23.7. The Morgan fingerprint density at radius 2 is 0.543 bits per heavy atom. The van der Waals surface area contributed by atoms with E-state index in [4.69, 9.17) is 97.6 Å². The van der Waals surface area contributed by atoms with Gasteiger partial charge in [0.05, 0.1) is 115 Å². The minimum Gasteiger partial charge on any atom is -0.567 e. The van der Waals surface area contributed by atoms with Crippen LogP contribution in [0, 0.1) is 34.6 Å². The largest absolute Gasteiger partial charge is 0.643 e. The van der Waals surface area contributed by atoms with E-state index in [0.29, 0.717) is 23.0 Å². The molecule has 0 bridgehead atoms. The molecule has 116 heavy (non-hydrogen) atoms. The molecule has 0 atom stereocenters. The minimum atomic E-state index is -1.72. The number of aromatic nitrogens is 12. The van der Waals surface area contributed by atoms with E-state index in [1.165, 1.54) is 49.0 Å². The zero-order valence-corrected chi connectivity index (χ0v) is 73.2. The van der Waals surface area contributed by atoms with Crippen molar-refractivity contribution in [2.24, 2.45) is 17.2 Å². The van der Waals surface area contributed by atoms with Crippen molar-refractivity contribution in [3.8, 4) is 67.9 Å². The maximum absolute atomic E-state index is 9.14. The topological polar surface area (TPSA) is 335 Å². The van der Waals surface area contributed by atoms with E-state index in [-0.39, 0.29) is 16.2 Å². The van der Waals surface area contributed by atoms with Gasteiger partial charge in [-0.1, -0.05) is 125 Å². The van der Waals surface area contributed by atoms with Gasteiger partial charge in [0.15, 0.2) is 0 Å². The Morgan fingerprint density at radius 1 is 0.336 bits per heavy atom. The highest BCUT2D eigenvalue weighted by molar-refractivity contribution is 9.11. The van der Waals surface area contributed by atoms with Crippen molar-refractivity contribution in [3.05, 3.63) is 310 Å². The van der Waals surface area contributed by atoms with E-state index in [1.807, 2.05) is 115 Å². The van der Waals surface area contributed by atoms with Gasteiger partial charge in [-0.15, -0.1) is 0 Å². The van der Waals surface area contributed by atoms with Gasteiger partial charge in [0.2, 0.25) is 0 Å². The fourth-order valence-electron chi connectivity index (χ4n) is 10.3. The molecule has 5 aromatic carbocycles. The highest BCUT2D eigenvalue weighted by Crippen LogP contribution is 2.33. The molecule has 0 aliphatic heterocycles. The number of hydrogen-bond acceptors (Lipinski definition) is 18. The molecular weight excluding hydrogens is 1740 g/mol. The highest BCUT2D eigenvalue weighted by Gasteiger charge is 2.12. The fraction of sp³-hybridized carbons (Fsp3) is 0.111. The molecule has 17 aromatic rings. The molecule has 0 unspecified atom stereocenters. The first-order valence-electron chi connectivity index (χ1n) is 34.6. The van der Waals surface area contributed by atoms with E-state index < -0.39 is 11.4 Å². The van der Waals surface area contributed by atoms with Crippen LogP contribution < -0.4 is 58.2 Å². The third kappa shape index (κ3) is 29.1. The summed E-state index contributed by atoms with van der Waals surface area (Å²) in [5.41, 5.74) is 45.1. The van der Waals surface area contributed by atoms with E-state index in [2.05, 4.69) is 208 Å². The third-order valence-electron chi connectivity index (χ3n) is 15.8. The maximum Gasteiger partial charge on any atom is 0.643 e. The molecule has 598 valence electrons. The Bertz CT molecular complexity index is 5300. The Hall–Kier alpha value is -10.4. The van der Waals surface area contributed by atoms with E-state index in [9.17, 15) is 0 Å². The SMILES string of the molecule is CN.CN.CN.COc1cc(Br)c2ccnn2c1.Cc1ccc(C)cc1.Cc1ccc(C)cc1.N.Oc1cc(Br)c2ccnn2c1.[2HH].[2HH].[2HH].[B]Oc1cc(-c2ccc(C)cc2)c2ccnn2c1.[B]Oc1cc(-c2ccc(N)cc2)c2ccnn2c1.[B]Oc1cc(-c2ccc(N)cc2)c2ccnn2c1.[B]Oc1cc(Br)c2ccnn2c1.[Cl][Al]([Cl])[Cl]. The van der Waals surface area contributed by atoms with Gasteiger partial charge in [0.25, 0.3) is 0 Å². The molecule has 0 aliphatic carbocycles. The molecule has 0 fully saturated rings. The first-order valence-corrected chi connectivity index (χ1v) is 42.2. The number of anilines is 2. The van der Waals surface area contributed by atoms with Crippen molar-refractivity contribution in [1.29, 1.82) is 0 Å². The summed E-state index contributed by atoms with van der Waals surface area (Å²) < 4.78 is 37.1. The van der Waals surface area contributed by atoms with Gasteiger partial charge < -0.3 is 63.3 Å². The number of halogens is 6. The normalized spacial score (nSPS) is 9.81. The van der Waals surface area contributed by atoms with Crippen molar-refractivity contribution in [2.75, 3.05) is 39.7 Å². The average molecular weight is 1830 g/mol. The third-order valence-corrected chi connectivity index (χ3v) is 17.7. The van der Waals surface area contributed by atoms with Crippen LogP contribution >= 0.6 is 77.9 Å². The van der Waals surface area contributed by atoms with Gasteiger partial charge in [-0.25, -0.2) is 57.2 Å². The van der Waals surface area contributed by atoms with Gasteiger partial charge in [0, 0.05) is 45.8 Å². The number of nitrogens with two attached hydrogens (primary N) is 5. The number of fused-ring (bicyclic) bond motifs is 6. The number of benzene rings is 5. The number of hydrogen-bond donors (Lipinski definition) is 7. The number of pyridine rings is 6. The molecule has 24 nitrogen and oxygen atoms in total. The quantitative estimate of drug-likeness (QED) is 0.0549. The molecule has 35 heteroatoms. The van der Waals surface area contributed by atoms with Gasteiger partial charge >= 0.3 is 43.6 Å². The molecule has 0 spiro atoms. The first kappa shape index (κ1) is 96.2. The molecule has 0 saturated heterocycles. The van der Waals surface area contributed by atoms with Gasteiger partial charge in [0.1, 0.15) is 34.5 Å². The van der Waals surface area contributed by atoms with Crippen LogP contribution in [0.25, 0.3) is 66.5 Å². The predicted molar refractivity (Wildman–Crippen MR) is 495 cm³/mol. The summed E-state index contributed by atoms with van der Waals surface area (Å²) in [6.07, 6.45) is 20.7. The summed E-state index contributed by atoms with van der Waals surface area (Å²) in [6.45, 7) is 10.5. The van der Waals surface area contributed by atoms with Gasteiger partial charge in [-0.05, 0) is 217 Å². The second-order valence-corrected chi connectivity index (χ2v) is 32.7. The van der Waals surface area contributed by atoms with E-state index in [0.717, 1.165) is 97.0 Å². The van der Waals surface area contributed by atoms with Crippen LogP contribution in [0.5, 0.6) is 34.5 Å². The van der Waals surface area contributed by atoms with Crippen molar-refractivity contribution >= 4 is 166 Å². The predicted octanol–water partition coefficient (Wildman–Crippen LogP) is 18.2. The van der Waals surface area contributed by atoms with Crippen molar-refractivity contribution in [3.63, 3.8) is 0 Å². The molecule has 17 rings (SSSR count). The maximum atomic E-state index is 9.14. The van der Waals surface area contributed by atoms with Crippen LogP contribution in [0.1, 0.15) is 32.1 Å². The zero-order chi connectivity index (χ0) is 84.1. The van der Waals surface area contributed by atoms with E-state index >= 15 is 0 Å². The van der Waals surface area contributed by atoms with E-state index in [1.54, 1.807) is 115 Å². The zero-order valence-electron chi connectivity index (χ0n) is 65.0. The smallest absolute Gasteiger partial charge is 0.567 e. The summed E-state index contributed by atoms with van der Waals surface area (Å²) in [6, 6.07) is 63.1. The van der Waals surface area contributed by atoms with Crippen LogP contribution in [0.2, 0.25) is 0 Å².